The Labute approximate surface area is 138 Å². The Morgan fingerprint density at radius 3 is 2.65 bits per heavy atom. The largest absolute Gasteiger partial charge is 0.494 e. The fourth-order valence-electron chi connectivity index (χ4n) is 2.55. The molecule has 5 nitrogen and oxygen atoms in total. The zero-order chi connectivity index (χ0) is 16.4. The monoisotopic (exact) mass is 327 g/mol. The number of benzene rings is 2. The second-order valence-corrected chi connectivity index (χ2v) is 5.84. The molecule has 0 aliphatic carbocycles. The normalized spacial score (nSPS) is 10.6. The van der Waals surface area contributed by atoms with Crippen LogP contribution in [0.5, 0.6) is 5.75 Å². The highest BCUT2D eigenvalue weighted by molar-refractivity contribution is 7.67. The molecule has 0 atom stereocenters. The number of hydrogen-bond donors (Lipinski definition) is 1. The number of hydrogen-bond acceptors (Lipinski definition) is 4. The Kier molecular flexibility index (Phi) is 4.16. The van der Waals surface area contributed by atoms with Crippen LogP contribution in [-0.2, 0) is 11.3 Å². The minimum atomic E-state index is 0.442. The van der Waals surface area contributed by atoms with E-state index in [1.807, 2.05) is 61.5 Å². The van der Waals surface area contributed by atoms with Gasteiger partial charge in [0.15, 0.2) is 5.82 Å². The first kappa shape index (κ1) is 15.3. The van der Waals surface area contributed by atoms with E-state index in [2.05, 4.69) is 9.97 Å². The third-order valence-corrected chi connectivity index (χ3v) is 4.20. The summed E-state index contributed by atoms with van der Waals surface area (Å²) in [6.07, 6.45) is 0. The molecule has 3 aromatic rings. The van der Waals surface area contributed by atoms with Crippen molar-refractivity contribution in [1.82, 2.24) is 9.97 Å². The molecule has 0 aliphatic heterocycles. The van der Waals surface area contributed by atoms with Crippen molar-refractivity contribution in [3.8, 4) is 5.75 Å². The van der Waals surface area contributed by atoms with E-state index < -0.39 is 0 Å². The van der Waals surface area contributed by atoms with Crippen molar-refractivity contribution < 1.29 is 8.95 Å². The van der Waals surface area contributed by atoms with Gasteiger partial charge in [-0.05, 0) is 18.2 Å². The van der Waals surface area contributed by atoms with Crippen LogP contribution >= 0.6 is 0 Å². The van der Waals surface area contributed by atoms with Gasteiger partial charge >= 0.3 is 0 Å². The van der Waals surface area contributed by atoms with E-state index in [1.54, 1.807) is 7.11 Å². The predicted molar refractivity (Wildman–Crippen MR) is 94.8 cm³/mol. The first-order chi connectivity index (χ1) is 11.2. The van der Waals surface area contributed by atoms with Gasteiger partial charge in [-0.1, -0.05) is 24.3 Å². The van der Waals surface area contributed by atoms with Gasteiger partial charge in [0.25, 0.3) is 0 Å². The molecule has 1 heterocycles. The molecule has 0 radical (unpaired) electrons. The minimum absolute atomic E-state index is 0.442. The molecule has 0 aliphatic rings. The summed E-state index contributed by atoms with van der Waals surface area (Å²) in [5.74, 6) is 1.24. The van der Waals surface area contributed by atoms with Gasteiger partial charge in [0.2, 0.25) is 0 Å². The van der Waals surface area contributed by atoms with E-state index >= 15 is 0 Å². The van der Waals surface area contributed by atoms with E-state index in [0.717, 1.165) is 22.3 Å². The lowest BCUT2D eigenvalue weighted by molar-refractivity contribution is 0.419. The van der Waals surface area contributed by atoms with E-state index in [1.165, 1.54) is 0 Å². The van der Waals surface area contributed by atoms with Crippen LogP contribution in [0.4, 0.5) is 5.69 Å². The van der Waals surface area contributed by atoms with Crippen molar-refractivity contribution in [2.45, 2.75) is 0 Å². The number of methoxy groups -OCH3 is 1. The minimum Gasteiger partial charge on any atom is -0.494 e. The van der Waals surface area contributed by atoms with Crippen LogP contribution in [0.2, 0.25) is 0 Å². The lowest BCUT2D eigenvalue weighted by atomic mass is 10.1. The summed E-state index contributed by atoms with van der Waals surface area (Å²) in [5.41, 5.74) is 3.39. The Hall–Kier alpha value is -2.60. The Morgan fingerprint density at radius 1 is 1.17 bits per heavy atom. The van der Waals surface area contributed by atoms with Crippen molar-refractivity contribution in [2.75, 3.05) is 26.1 Å². The van der Waals surface area contributed by atoms with Gasteiger partial charge < -0.3 is 14.6 Å². The van der Waals surface area contributed by atoms with E-state index in [0.29, 0.717) is 27.7 Å². The molecule has 0 spiro atoms. The molecule has 3 rings (SSSR count). The summed E-state index contributed by atoms with van der Waals surface area (Å²) < 4.78 is 17.1. The maximum atomic E-state index is 11.8. The first-order valence-corrected chi connectivity index (χ1v) is 7.86. The smallest absolute Gasteiger partial charge is 0.152 e. The molecule has 6 heteroatoms. The third kappa shape index (κ3) is 2.73. The van der Waals surface area contributed by atoms with Crippen LogP contribution in [0.25, 0.3) is 11.0 Å². The van der Waals surface area contributed by atoms with Gasteiger partial charge in [0.1, 0.15) is 27.4 Å². The average Bonchev–Trinajstić information content (AvgIpc) is 2.99. The quantitative estimate of drug-likeness (QED) is 0.590. The topological polar surface area (TPSA) is 58.2 Å². The summed E-state index contributed by atoms with van der Waals surface area (Å²) in [7, 11) is 5.51. The molecule has 0 bridgehead atoms. The van der Waals surface area contributed by atoms with Crippen LogP contribution in [0.15, 0.2) is 42.5 Å². The molecule has 1 N–H and O–H groups in total. The number of rotatable bonds is 4. The van der Waals surface area contributed by atoms with Crippen molar-refractivity contribution in [1.29, 1.82) is 0 Å². The highest BCUT2D eigenvalue weighted by Gasteiger charge is 2.17. The number of ether oxygens (including phenoxy) is 1. The molecule has 0 saturated carbocycles. The molecule has 1 aromatic heterocycles. The van der Waals surface area contributed by atoms with Crippen molar-refractivity contribution >= 4 is 32.8 Å². The number of anilines is 1. The van der Waals surface area contributed by atoms with Crippen LogP contribution in [-0.4, -0.2) is 40.2 Å². The van der Waals surface area contributed by atoms with Crippen LogP contribution < -0.4 is 9.64 Å². The molecule has 0 saturated heterocycles. The highest BCUT2D eigenvalue weighted by Crippen LogP contribution is 2.26. The average molecular weight is 327 g/mol. The van der Waals surface area contributed by atoms with Gasteiger partial charge in [-0.2, -0.15) is 0 Å². The predicted octanol–water partition coefficient (Wildman–Crippen LogP) is 2.42. The number of imidazole rings is 1. The van der Waals surface area contributed by atoms with Gasteiger partial charge in [-0.25, -0.2) is 9.19 Å². The van der Waals surface area contributed by atoms with Crippen molar-refractivity contribution in [3.05, 3.63) is 53.9 Å². The second-order valence-electron chi connectivity index (χ2n) is 5.27. The molecule has 0 amide bonds. The molecular formula is C17H17N3O2S. The molecule has 118 valence electrons. The lowest BCUT2D eigenvalue weighted by Gasteiger charge is -2.16. The molecule has 0 fully saturated rings. The zero-order valence-electron chi connectivity index (χ0n) is 13.2. The van der Waals surface area contributed by atoms with Crippen molar-refractivity contribution in [2.24, 2.45) is 0 Å². The summed E-state index contributed by atoms with van der Waals surface area (Å²) in [5, 5.41) is 0. The fourth-order valence-corrected chi connectivity index (χ4v) is 2.98. The molecule has 2 aromatic carbocycles. The zero-order valence-corrected chi connectivity index (χ0v) is 14.0. The second kappa shape index (κ2) is 6.26. The number of aromatic amines is 1. The lowest BCUT2D eigenvalue weighted by Crippen LogP contribution is -2.15. The summed E-state index contributed by atoms with van der Waals surface area (Å²) in [6.45, 7) is 0. The van der Waals surface area contributed by atoms with Gasteiger partial charge in [0, 0.05) is 25.3 Å². The maximum Gasteiger partial charge on any atom is 0.152 e. The maximum absolute atomic E-state index is 11.8. The van der Waals surface area contributed by atoms with Crippen LogP contribution in [0, 0.1) is 0 Å². The number of H-pyrrole nitrogens is 1. The van der Waals surface area contributed by atoms with E-state index in [9.17, 15) is 4.21 Å². The SMILES string of the molecule is COc1cccc2[nH]c(C(=S=O)c3ccccc3N(C)C)nc12. The number of aromatic nitrogens is 2. The Morgan fingerprint density at radius 2 is 1.96 bits per heavy atom. The Balaban J connectivity index is 2.19. The van der Waals surface area contributed by atoms with Crippen LogP contribution in [0.1, 0.15) is 11.4 Å². The standard InChI is InChI=1S/C17H17N3O2S/c1-20(2)13-9-5-4-7-11(13)16(23-21)17-18-12-8-6-10-14(22-3)15(12)19-17/h4-10H,1-3H3,(H,18,19). The van der Waals surface area contributed by atoms with E-state index in [-0.39, 0.29) is 0 Å². The van der Waals surface area contributed by atoms with Gasteiger partial charge in [-0.3, -0.25) is 0 Å². The number of nitrogens with one attached hydrogen (secondary N) is 1. The Bertz CT molecular complexity index is 911. The summed E-state index contributed by atoms with van der Waals surface area (Å²) in [4.78, 5) is 10.3. The number of para-hydroxylation sites is 2. The van der Waals surface area contributed by atoms with Gasteiger partial charge in [0.05, 0.1) is 12.6 Å². The molecular weight excluding hydrogens is 310 g/mol. The summed E-state index contributed by atoms with van der Waals surface area (Å²) >= 11 is 0.442. The summed E-state index contributed by atoms with van der Waals surface area (Å²) in [6, 6.07) is 13.4. The fraction of sp³-hybridized carbons (Fsp3) is 0.176. The first-order valence-electron chi connectivity index (χ1n) is 7.12. The van der Waals surface area contributed by atoms with Crippen LogP contribution in [0.3, 0.4) is 0 Å². The molecule has 23 heavy (non-hydrogen) atoms. The highest BCUT2D eigenvalue weighted by atomic mass is 32.1. The van der Waals surface area contributed by atoms with E-state index in [4.69, 9.17) is 4.74 Å². The number of fused-ring (bicyclic) bond motifs is 1. The van der Waals surface area contributed by atoms with Gasteiger partial charge in [-0.15, -0.1) is 0 Å². The number of nitrogens with zero attached hydrogens (tertiary/aromatic N) is 2. The van der Waals surface area contributed by atoms with Crippen molar-refractivity contribution in [3.63, 3.8) is 0 Å². The third-order valence-electron chi connectivity index (χ3n) is 3.62. The molecule has 0 unspecified atom stereocenters.